The molecule has 0 saturated heterocycles. The highest BCUT2D eigenvalue weighted by molar-refractivity contribution is 6.00. The number of rotatable bonds is 6. The molecule has 0 bridgehead atoms. The monoisotopic (exact) mass is 481 g/mol. The minimum absolute atomic E-state index is 0.0891. The van der Waals surface area contributed by atoms with E-state index in [1.165, 1.54) is 0 Å². The van der Waals surface area contributed by atoms with Gasteiger partial charge in [-0.2, -0.15) is 5.10 Å². The third-order valence-electron chi connectivity index (χ3n) is 6.26. The summed E-state index contributed by atoms with van der Waals surface area (Å²) in [6.45, 7) is 6.45. The Labute approximate surface area is 208 Å². The molecule has 0 fully saturated rings. The fourth-order valence-electron chi connectivity index (χ4n) is 4.34. The third-order valence-corrected chi connectivity index (χ3v) is 6.26. The number of nitrogens with zero attached hydrogens (tertiary/aromatic N) is 3. The van der Waals surface area contributed by atoms with Crippen molar-refractivity contribution in [3.63, 3.8) is 0 Å². The van der Waals surface area contributed by atoms with Gasteiger partial charge in [0.05, 0.1) is 23.5 Å². The minimum Gasteiger partial charge on any atom is -0.352 e. The maximum atomic E-state index is 12.6. The molecule has 0 saturated carbocycles. The second-order valence-electron chi connectivity index (χ2n) is 8.96. The lowest BCUT2D eigenvalue weighted by molar-refractivity contribution is -0.115. The molecule has 9 heteroatoms. The number of aryl methyl sites for hydroxylation is 3. The second-order valence-corrected chi connectivity index (χ2v) is 8.96. The third kappa shape index (κ3) is 4.81. The average molecular weight is 482 g/mol. The van der Waals surface area contributed by atoms with E-state index in [2.05, 4.69) is 31.1 Å². The van der Waals surface area contributed by atoms with E-state index in [1.54, 1.807) is 18.3 Å². The Morgan fingerprint density at radius 1 is 1.08 bits per heavy atom. The van der Waals surface area contributed by atoms with E-state index >= 15 is 0 Å². The van der Waals surface area contributed by atoms with Gasteiger partial charge in [0.25, 0.3) is 5.91 Å². The first-order valence-electron chi connectivity index (χ1n) is 11.8. The van der Waals surface area contributed by atoms with Crippen LogP contribution in [0.5, 0.6) is 0 Å². The van der Waals surface area contributed by atoms with Gasteiger partial charge in [-0.1, -0.05) is 12.1 Å². The molecule has 2 aromatic heterocycles. The van der Waals surface area contributed by atoms with Crippen molar-refractivity contribution in [3.05, 3.63) is 82.3 Å². The zero-order valence-electron chi connectivity index (χ0n) is 20.4. The van der Waals surface area contributed by atoms with Crippen LogP contribution in [-0.2, 0) is 17.6 Å². The molecule has 2 aromatic carbocycles. The van der Waals surface area contributed by atoms with Crippen LogP contribution < -0.4 is 16.0 Å². The van der Waals surface area contributed by atoms with E-state index < -0.39 is 0 Å². The number of H-pyrrole nitrogens is 1. The van der Waals surface area contributed by atoms with E-state index in [0.29, 0.717) is 18.1 Å². The van der Waals surface area contributed by atoms with Gasteiger partial charge in [0.15, 0.2) is 0 Å². The van der Waals surface area contributed by atoms with Gasteiger partial charge in [-0.3, -0.25) is 14.7 Å². The first kappa shape index (κ1) is 23.2. The number of aromatic amines is 1. The van der Waals surface area contributed by atoms with Crippen LogP contribution in [0.3, 0.4) is 0 Å². The lowest BCUT2D eigenvalue weighted by Gasteiger charge is -2.11. The number of hydrogen-bond acceptors (Lipinski definition) is 6. The largest absolute Gasteiger partial charge is 0.352 e. The average Bonchev–Trinajstić information content (AvgIpc) is 3.10. The molecule has 0 atom stereocenters. The smallest absolute Gasteiger partial charge is 0.251 e. The van der Waals surface area contributed by atoms with Gasteiger partial charge in [-0.15, -0.1) is 0 Å². The molecule has 0 unspecified atom stereocenters. The highest BCUT2D eigenvalue weighted by atomic mass is 16.2. The van der Waals surface area contributed by atoms with Crippen LogP contribution in [0.4, 0.5) is 17.3 Å². The van der Waals surface area contributed by atoms with Gasteiger partial charge >= 0.3 is 0 Å². The van der Waals surface area contributed by atoms with E-state index in [4.69, 9.17) is 4.98 Å². The second kappa shape index (κ2) is 9.61. The molecule has 4 aromatic rings. The Hall–Kier alpha value is -4.53. The molecule has 3 heterocycles. The zero-order valence-corrected chi connectivity index (χ0v) is 20.4. The summed E-state index contributed by atoms with van der Waals surface area (Å²) in [5.74, 6) is 0.192. The highest BCUT2D eigenvalue weighted by Gasteiger charge is 2.21. The van der Waals surface area contributed by atoms with Crippen molar-refractivity contribution in [1.82, 2.24) is 25.5 Å². The zero-order chi connectivity index (χ0) is 25.2. The SMILES string of the molecule is Cc1ccc2c(c1)NC(=O)Cc1cnc(Nc3ccc(C(=O)NCCc4c(C)n[nH]c4C)cc3)nc1-2. The van der Waals surface area contributed by atoms with E-state index in [-0.39, 0.29) is 18.2 Å². The van der Waals surface area contributed by atoms with Crippen LogP contribution in [0.25, 0.3) is 11.3 Å². The number of carbonyl (C=O) groups is 2. The molecule has 9 nitrogen and oxygen atoms in total. The Balaban J connectivity index is 1.27. The number of benzene rings is 2. The number of hydrogen-bond donors (Lipinski definition) is 4. The Bertz CT molecular complexity index is 1440. The fourth-order valence-corrected chi connectivity index (χ4v) is 4.34. The van der Waals surface area contributed by atoms with Crippen molar-refractivity contribution in [2.24, 2.45) is 0 Å². The molecule has 36 heavy (non-hydrogen) atoms. The summed E-state index contributed by atoms with van der Waals surface area (Å²) in [6.07, 6.45) is 2.62. The molecular formula is C27H27N7O2. The molecule has 1 aliphatic rings. The summed E-state index contributed by atoms with van der Waals surface area (Å²) >= 11 is 0. The molecule has 0 spiro atoms. The van der Waals surface area contributed by atoms with Crippen LogP contribution in [0.15, 0.2) is 48.7 Å². The lowest BCUT2D eigenvalue weighted by atomic mass is 10.0. The van der Waals surface area contributed by atoms with E-state index in [9.17, 15) is 9.59 Å². The number of anilines is 3. The van der Waals surface area contributed by atoms with Crippen LogP contribution >= 0.6 is 0 Å². The van der Waals surface area contributed by atoms with Crippen molar-refractivity contribution in [3.8, 4) is 11.3 Å². The number of amides is 2. The van der Waals surface area contributed by atoms with Gasteiger partial charge in [0.2, 0.25) is 11.9 Å². The van der Waals surface area contributed by atoms with Crippen molar-refractivity contribution in [2.75, 3.05) is 17.2 Å². The van der Waals surface area contributed by atoms with Gasteiger partial charge in [-0.25, -0.2) is 9.97 Å². The van der Waals surface area contributed by atoms with Gasteiger partial charge in [-0.05, 0) is 68.7 Å². The van der Waals surface area contributed by atoms with Crippen molar-refractivity contribution < 1.29 is 9.59 Å². The van der Waals surface area contributed by atoms with Crippen molar-refractivity contribution >= 4 is 29.1 Å². The summed E-state index contributed by atoms with van der Waals surface area (Å²) in [5.41, 5.74) is 8.59. The Morgan fingerprint density at radius 2 is 1.89 bits per heavy atom. The van der Waals surface area contributed by atoms with Crippen molar-refractivity contribution in [1.29, 1.82) is 0 Å². The summed E-state index contributed by atoms with van der Waals surface area (Å²) in [6, 6.07) is 13.1. The van der Waals surface area contributed by atoms with Crippen molar-refractivity contribution in [2.45, 2.75) is 33.6 Å². The lowest BCUT2D eigenvalue weighted by Crippen LogP contribution is -2.25. The number of aromatic nitrogens is 4. The Kier molecular flexibility index (Phi) is 6.20. The molecule has 2 amide bonds. The first-order chi connectivity index (χ1) is 17.4. The predicted octanol–water partition coefficient (Wildman–Crippen LogP) is 4.00. The van der Waals surface area contributed by atoms with Crippen LogP contribution in [-0.4, -0.2) is 38.5 Å². The number of fused-ring (bicyclic) bond motifs is 3. The van der Waals surface area contributed by atoms with Gasteiger partial charge in [0, 0.05) is 40.8 Å². The van der Waals surface area contributed by atoms with Gasteiger partial charge < -0.3 is 16.0 Å². The number of carbonyl (C=O) groups excluding carboxylic acids is 2. The van der Waals surface area contributed by atoms with Crippen LogP contribution in [0.1, 0.15) is 38.4 Å². The molecule has 182 valence electrons. The molecular weight excluding hydrogens is 454 g/mol. The predicted molar refractivity (Wildman–Crippen MR) is 138 cm³/mol. The standard InChI is InChI=1S/C27H27N7O2/c1-15-4-9-22-23(12-15)31-24(35)13-19-14-29-27(32-25(19)22)30-20-7-5-18(6-8-20)26(36)28-11-10-21-16(2)33-34-17(21)3/h4-9,12,14H,10-11,13H2,1-3H3,(H,28,36)(H,31,35)(H,33,34)(H,29,30,32). The van der Waals surface area contributed by atoms with Crippen LogP contribution in [0, 0.1) is 20.8 Å². The quantitative estimate of drug-likeness (QED) is 0.330. The minimum atomic E-state index is -0.134. The maximum absolute atomic E-state index is 12.6. The summed E-state index contributed by atoms with van der Waals surface area (Å²) in [5, 5.41) is 16.3. The van der Waals surface area contributed by atoms with Gasteiger partial charge in [0.1, 0.15) is 0 Å². The topological polar surface area (TPSA) is 125 Å². The normalized spacial score (nSPS) is 12.2. The maximum Gasteiger partial charge on any atom is 0.251 e. The fraction of sp³-hybridized carbons (Fsp3) is 0.222. The summed E-state index contributed by atoms with van der Waals surface area (Å²) in [7, 11) is 0. The summed E-state index contributed by atoms with van der Waals surface area (Å²) < 4.78 is 0. The number of nitrogens with one attached hydrogen (secondary N) is 4. The molecule has 5 rings (SSSR count). The van der Waals surface area contributed by atoms with E-state index in [0.717, 1.165) is 57.1 Å². The summed E-state index contributed by atoms with van der Waals surface area (Å²) in [4.78, 5) is 34.0. The van der Waals surface area contributed by atoms with Crippen LogP contribution in [0.2, 0.25) is 0 Å². The molecule has 1 aliphatic heterocycles. The first-order valence-corrected chi connectivity index (χ1v) is 11.8. The van der Waals surface area contributed by atoms with E-state index in [1.807, 2.05) is 51.1 Å². The molecule has 0 aliphatic carbocycles. The highest BCUT2D eigenvalue weighted by Crippen LogP contribution is 2.33. The Morgan fingerprint density at radius 3 is 2.64 bits per heavy atom. The molecule has 4 N–H and O–H groups in total. The molecule has 0 radical (unpaired) electrons.